The third-order valence-electron chi connectivity index (χ3n) is 3.80. The predicted octanol–water partition coefficient (Wildman–Crippen LogP) is 2.59. The lowest BCUT2D eigenvalue weighted by Gasteiger charge is -2.18. The summed E-state index contributed by atoms with van der Waals surface area (Å²) < 4.78 is 1.86. The smallest absolute Gasteiger partial charge is 0.147 e. The van der Waals surface area contributed by atoms with E-state index in [9.17, 15) is 9.90 Å². The Hall–Kier alpha value is -2.03. The molecule has 0 atom stereocenters. The summed E-state index contributed by atoms with van der Waals surface area (Å²) in [5.41, 5.74) is 2.24. The van der Waals surface area contributed by atoms with E-state index < -0.39 is 5.41 Å². The molecule has 3 heteroatoms. The number of nitrogens with zero attached hydrogens (tertiary/aromatic N) is 1. The molecule has 0 aliphatic heterocycles. The van der Waals surface area contributed by atoms with Crippen molar-refractivity contribution in [3.63, 3.8) is 0 Å². The Morgan fingerprint density at radius 3 is 2.56 bits per heavy atom. The quantitative estimate of drug-likeness (QED) is 0.833. The van der Waals surface area contributed by atoms with E-state index in [2.05, 4.69) is 0 Å². The first-order valence-corrected chi connectivity index (χ1v) is 6.03. The molecule has 0 amide bonds. The molecule has 0 radical (unpaired) electrons. The molecule has 0 saturated heterocycles. The molecule has 1 aromatic carbocycles. The van der Waals surface area contributed by atoms with Gasteiger partial charge in [0.25, 0.3) is 0 Å². The maximum absolute atomic E-state index is 12.0. The Morgan fingerprint density at radius 1 is 1.22 bits per heavy atom. The molecule has 1 aliphatic carbocycles. The molecule has 1 aliphatic rings. The number of aromatic hydroxyl groups is 1. The van der Waals surface area contributed by atoms with E-state index in [1.54, 1.807) is 6.07 Å². The summed E-state index contributed by atoms with van der Waals surface area (Å²) in [5, 5.41) is 10.1. The van der Waals surface area contributed by atoms with Crippen LogP contribution in [0.25, 0.3) is 5.69 Å². The Morgan fingerprint density at radius 2 is 1.89 bits per heavy atom. The van der Waals surface area contributed by atoms with Crippen molar-refractivity contribution in [2.24, 2.45) is 0 Å². The summed E-state index contributed by atoms with van der Waals surface area (Å²) in [7, 11) is 0. The van der Waals surface area contributed by atoms with E-state index in [0.717, 1.165) is 16.8 Å². The summed E-state index contributed by atoms with van der Waals surface area (Å²) in [4.78, 5) is 12.0. The van der Waals surface area contributed by atoms with E-state index >= 15 is 0 Å². The highest BCUT2D eigenvalue weighted by molar-refractivity contribution is 5.96. The zero-order valence-electron chi connectivity index (χ0n) is 10.5. The van der Waals surface area contributed by atoms with Crippen molar-refractivity contribution < 1.29 is 9.90 Å². The topological polar surface area (TPSA) is 42.2 Å². The van der Waals surface area contributed by atoms with Crippen LogP contribution in [0, 0.1) is 0 Å². The van der Waals surface area contributed by atoms with Crippen LogP contribution in [-0.4, -0.2) is 15.5 Å². The Balaban J connectivity index is 2.22. The van der Waals surface area contributed by atoms with Crippen LogP contribution in [0.15, 0.2) is 36.7 Å². The average Bonchev–Trinajstić information content (AvgIpc) is 2.87. The van der Waals surface area contributed by atoms with Gasteiger partial charge in [-0.2, -0.15) is 0 Å². The van der Waals surface area contributed by atoms with Gasteiger partial charge in [0.05, 0.1) is 5.69 Å². The Bertz CT molecular complexity index is 624. The number of fused-ring (bicyclic) bond motifs is 1. The maximum atomic E-state index is 12.0. The largest absolute Gasteiger partial charge is 0.506 e. The van der Waals surface area contributed by atoms with Gasteiger partial charge >= 0.3 is 0 Å². The summed E-state index contributed by atoms with van der Waals surface area (Å²) in [6.07, 6.45) is 4.18. The number of rotatable bonds is 1. The summed E-state index contributed by atoms with van der Waals surface area (Å²) in [6.45, 7) is 3.88. The minimum Gasteiger partial charge on any atom is -0.506 e. The first-order valence-electron chi connectivity index (χ1n) is 6.03. The van der Waals surface area contributed by atoms with Gasteiger partial charge in [-0.05, 0) is 49.2 Å². The molecule has 0 unspecified atom stereocenters. The lowest BCUT2D eigenvalue weighted by molar-refractivity contribution is -0.121. The number of Topliss-reactive ketones (excluding diaryl/α,β-unsaturated/α-hetero) is 1. The van der Waals surface area contributed by atoms with Crippen LogP contribution in [0.5, 0.6) is 5.75 Å². The average molecular weight is 241 g/mol. The summed E-state index contributed by atoms with van der Waals surface area (Å²) >= 11 is 0. The van der Waals surface area contributed by atoms with Crippen LogP contribution in [0.3, 0.4) is 0 Å². The Kier molecular flexibility index (Phi) is 2.14. The number of hydrogen-bond donors (Lipinski definition) is 1. The lowest BCUT2D eigenvalue weighted by Crippen LogP contribution is -2.23. The number of phenolic OH excluding ortho intramolecular Hbond substituents is 1. The molecule has 92 valence electrons. The molecule has 18 heavy (non-hydrogen) atoms. The van der Waals surface area contributed by atoms with Crippen molar-refractivity contribution >= 4 is 5.78 Å². The number of ketones is 1. The zero-order chi connectivity index (χ0) is 12.9. The van der Waals surface area contributed by atoms with Crippen molar-refractivity contribution in [3.8, 4) is 11.4 Å². The second-order valence-corrected chi connectivity index (χ2v) is 5.31. The van der Waals surface area contributed by atoms with Crippen LogP contribution >= 0.6 is 0 Å². The number of aromatic nitrogens is 1. The van der Waals surface area contributed by atoms with E-state index in [1.165, 1.54) is 0 Å². The number of phenols is 1. The molecule has 0 spiro atoms. The van der Waals surface area contributed by atoms with E-state index in [-0.39, 0.29) is 11.5 Å². The molecule has 2 aromatic rings. The lowest BCUT2D eigenvalue weighted by atomic mass is 9.85. The van der Waals surface area contributed by atoms with Gasteiger partial charge in [-0.3, -0.25) is 4.79 Å². The highest BCUT2D eigenvalue weighted by Gasteiger charge is 2.38. The molecule has 1 aromatic heterocycles. The van der Waals surface area contributed by atoms with Gasteiger partial charge in [0, 0.05) is 24.2 Å². The second-order valence-electron chi connectivity index (χ2n) is 5.31. The van der Waals surface area contributed by atoms with Gasteiger partial charge < -0.3 is 9.67 Å². The molecular weight excluding hydrogens is 226 g/mol. The fourth-order valence-electron chi connectivity index (χ4n) is 2.59. The van der Waals surface area contributed by atoms with Crippen LogP contribution in [0.4, 0.5) is 0 Å². The van der Waals surface area contributed by atoms with E-state index in [4.69, 9.17) is 0 Å². The maximum Gasteiger partial charge on any atom is 0.147 e. The minimum absolute atomic E-state index is 0.210. The molecule has 0 saturated carbocycles. The third kappa shape index (κ3) is 1.40. The van der Waals surface area contributed by atoms with Crippen molar-refractivity contribution in [2.45, 2.75) is 25.7 Å². The van der Waals surface area contributed by atoms with Crippen molar-refractivity contribution in [1.29, 1.82) is 0 Å². The molecule has 3 nitrogen and oxygen atoms in total. The van der Waals surface area contributed by atoms with Crippen LogP contribution in [0.1, 0.15) is 25.0 Å². The zero-order valence-corrected chi connectivity index (χ0v) is 10.5. The minimum atomic E-state index is -0.453. The van der Waals surface area contributed by atoms with Crippen molar-refractivity contribution in [1.82, 2.24) is 4.57 Å². The predicted molar refractivity (Wildman–Crippen MR) is 69.2 cm³/mol. The highest BCUT2D eigenvalue weighted by atomic mass is 16.3. The fraction of sp³-hybridized carbons (Fsp3) is 0.267. The monoisotopic (exact) mass is 241 g/mol. The molecule has 0 fully saturated rings. The third-order valence-corrected chi connectivity index (χ3v) is 3.80. The molecule has 0 bridgehead atoms. The number of carbonyl (C=O) groups excluding carboxylic acids is 1. The van der Waals surface area contributed by atoms with Crippen LogP contribution < -0.4 is 0 Å². The molecule has 1 heterocycles. The molecular formula is C15H15NO2. The highest BCUT2D eigenvalue weighted by Crippen LogP contribution is 2.39. The molecule has 3 rings (SSSR count). The van der Waals surface area contributed by atoms with Gasteiger partial charge in [-0.25, -0.2) is 0 Å². The first-order chi connectivity index (χ1) is 8.50. The van der Waals surface area contributed by atoms with E-state index in [0.29, 0.717) is 6.42 Å². The Labute approximate surface area is 106 Å². The SMILES string of the molecule is CC1(C)C(=O)Cc2cc(O)c(-n3cccc3)cc21. The van der Waals surface area contributed by atoms with Crippen LogP contribution in [-0.2, 0) is 16.6 Å². The van der Waals surface area contributed by atoms with E-state index in [1.807, 2.05) is 49.0 Å². The summed E-state index contributed by atoms with van der Waals surface area (Å²) in [6, 6.07) is 7.46. The normalized spacial score (nSPS) is 16.9. The van der Waals surface area contributed by atoms with Crippen molar-refractivity contribution in [3.05, 3.63) is 47.8 Å². The molecule has 1 N–H and O–H groups in total. The number of hydrogen-bond acceptors (Lipinski definition) is 2. The van der Waals surface area contributed by atoms with Gasteiger partial charge in [-0.1, -0.05) is 0 Å². The standard InChI is InChI=1S/C15H15NO2/c1-15(2)11-9-12(16-5-3-4-6-16)13(17)7-10(11)8-14(15)18/h3-7,9,17H,8H2,1-2H3. The second kappa shape index (κ2) is 3.48. The number of benzene rings is 1. The number of carbonyl (C=O) groups is 1. The first kappa shape index (κ1) is 11.1. The van der Waals surface area contributed by atoms with Crippen molar-refractivity contribution in [2.75, 3.05) is 0 Å². The van der Waals surface area contributed by atoms with Gasteiger partial charge in [0.2, 0.25) is 0 Å². The van der Waals surface area contributed by atoms with Gasteiger partial charge in [0.1, 0.15) is 11.5 Å². The fourth-order valence-corrected chi connectivity index (χ4v) is 2.59. The summed E-state index contributed by atoms with van der Waals surface area (Å²) in [5.74, 6) is 0.428. The van der Waals surface area contributed by atoms with Crippen LogP contribution in [0.2, 0.25) is 0 Å². The van der Waals surface area contributed by atoms with Gasteiger partial charge in [0.15, 0.2) is 0 Å². The van der Waals surface area contributed by atoms with Gasteiger partial charge in [-0.15, -0.1) is 0 Å².